The minimum absolute atomic E-state index is 0.0398. The fourth-order valence-corrected chi connectivity index (χ4v) is 9.26. The molecule has 0 unspecified atom stereocenters. The second-order valence-electron chi connectivity index (χ2n) is 21.1. The first-order valence-electron chi connectivity index (χ1n) is 26.5. The van der Waals surface area contributed by atoms with Gasteiger partial charge in [-0.1, -0.05) is 90.1 Å². The van der Waals surface area contributed by atoms with Crippen molar-refractivity contribution in [2.75, 3.05) is 13.1 Å². The van der Waals surface area contributed by atoms with E-state index in [0.717, 1.165) is 16.5 Å². The molecule has 2 aromatic carbocycles. The summed E-state index contributed by atoms with van der Waals surface area (Å²) in [6.45, 7) is 11.2. The van der Waals surface area contributed by atoms with E-state index in [0.29, 0.717) is 18.4 Å². The number of aliphatic carboxylic acids is 1. The average Bonchev–Trinajstić information content (AvgIpc) is 4.03. The molecular weight excluding hydrogens is 991 g/mol. The quantitative estimate of drug-likeness (QED) is 0.0240. The molecule has 23 heteroatoms. The van der Waals surface area contributed by atoms with Gasteiger partial charge in [0.05, 0.1) is 6.04 Å². The molecule has 77 heavy (non-hydrogen) atoms. The van der Waals surface area contributed by atoms with Crippen LogP contribution in [0.3, 0.4) is 0 Å². The third-order valence-electron chi connectivity index (χ3n) is 13.1. The van der Waals surface area contributed by atoms with Crippen molar-refractivity contribution >= 4 is 70.1 Å². The molecule has 3 aromatic rings. The number of fused-ring (bicyclic) bond motifs is 1. The Labute approximate surface area is 450 Å². The van der Waals surface area contributed by atoms with Crippen LogP contribution in [0.1, 0.15) is 110 Å². The molecule has 8 atom stereocenters. The number of para-hydroxylation sites is 1. The number of hydrogen-bond donors (Lipinski definition) is 12. The van der Waals surface area contributed by atoms with Gasteiger partial charge in [-0.3, -0.25) is 43.3 Å². The highest BCUT2D eigenvalue weighted by Gasteiger charge is 2.39. The van der Waals surface area contributed by atoms with E-state index in [4.69, 9.17) is 22.9 Å². The van der Waals surface area contributed by atoms with Gasteiger partial charge in [-0.15, -0.1) is 0 Å². The Morgan fingerprint density at radius 2 is 1.16 bits per heavy atom. The van der Waals surface area contributed by atoms with E-state index < -0.39 is 102 Å². The molecule has 16 N–H and O–H groups in total. The topological polar surface area (TPSA) is 382 Å². The van der Waals surface area contributed by atoms with Crippen molar-refractivity contribution in [1.82, 2.24) is 41.8 Å². The molecule has 1 aliphatic rings. The number of carbonyl (C=O) groups excluding carboxylic acids is 8. The van der Waals surface area contributed by atoms with Gasteiger partial charge in [-0.2, -0.15) is 0 Å². The summed E-state index contributed by atoms with van der Waals surface area (Å²) in [5.41, 5.74) is 25.3. The zero-order valence-electron chi connectivity index (χ0n) is 45.1. The van der Waals surface area contributed by atoms with Gasteiger partial charge < -0.3 is 69.8 Å². The van der Waals surface area contributed by atoms with Crippen molar-refractivity contribution in [3.05, 3.63) is 71.9 Å². The smallest absolute Gasteiger partial charge is 0.326 e. The van der Waals surface area contributed by atoms with Crippen LogP contribution in [-0.4, -0.2) is 136 Å². The number of aromatic nitrogens is 1. The predicted octanol–water partition coefficient (Wildman–Crippen LogP) is 0.722. The molecule has 4 rings (SSSR count). The maximum absolute atomic E-state index is 14.6. The number of likely N-dealkylation sites (tertiary alicyclic amines) is 1. The number of nitrogens with zero attached hydrogens (tertiary/aromatic N) is 2. The van der Waals surface area contributed by atoms with E-state index >= 15 is 0 Å². The average molecular weight is 1070 g/mol. The van der Waals surface area contributed by atoms with Crippen LogP contribution in [0, 0.1) is 17.8 Å². The second kappa shape index (κ2) is 30.3. The molecule has 422 valence electrons. The van der Waals surface area contributed by atoms with Crippen LogP contribution in [0.15, 0.2) is 65.8 Å². The third kappa shape index (κ3) is 20.2. The largest absolute Gasteiger partial charge is 0.480 e. The van der Waals surface area contributed by atoms with Crippen LogP contribution < -0.4 is 54.8 Å². The summed E-state index contributed by atoms with van der Waals surface area (Å²) >= 11 is 0. The molecule has 0 saturated carbocycles. The van der Waals surface area contributed by atoms with Gasteiger partial charge >= 0.3 is 5.97 Å². The number of aliphatic imine (C=N–C) groups is 1. The van der Waals surface area contributed by atoms with E-state index in [9.17, 15) is 48.3 Å². The van der Waals surface area contributed by atoms with Crippen molar-refractivity contribution in [1.29, 1.82) is 0 Å². The number of hydrogen-bond acceptors (Lipinski definition) is 11. The van der Waals surface area contributed by atoms with Crippen LogP contribution in [0.2, 0.25) is 0 Å². The van der Waals surface area contributed by atoms with E-state index in [1.165, 1.54) is 4.90 Å². The van der Waals surface area contributed by atoms with Gasteiger partial charge in [0.15, 0.2) is 5.96 Å². The molecule has 0 spiro atoms. The minimum Gasteiger partial charge on any atom is -0.480 e. The Kier molecular flexibility index (Phi) is 24.4. The van der Waals surface area contributed by atoms with Gasteiger partial charge in [0.2, 0.25) is 47.3 Å². The predicted molar refractivity (Wildman–Crippen MR) is 291 cm³/mol. The zero-order chi connectivity index (χ0) is 56.9. The number of H-pyrrole nitrogens is 1. The number of carbonyl (C=O) groups is 9. The number of aromatic amines is 1. The molecule has 1 aliphatic heterocycles. The molecular formula is C54H81N13O10. The Bertz CT molecular complexity index is 2530. The van der Waals surface area contributed by atoms with Gasteiger partial charge in [0.1, 0.15) is 42.3 Å². The molecule has 8 amide bonds. The van der Waals surface area contributed by atoms with Crippen molar-refractivity contribution in [2.24, 2.45) is 45.7 Å². The number of amides is 8. The summed E-state index contributed by atoms with van der Waals surface area (Å²) in [4.78, 5) is 132. The van der Waals surface area contributed by atoms with Gasteiger partial charge in [0, 0.05) is 43.0 Å². The van der Waals surface area contributed by atoms with Crippen LogP contribution in [0.5, 0.6) is 0 Å². The summed E-state index contributed by atoms with van der Waals surface area (Å²) in [7, 11) is 0. The maximum Gasteiger partial charge on any atom is 0.326 e. The second-order valence-corrected chi connectivity index (χ2v) is 21.1. The SMILES string of the molecule is CC(C)C[C@H](NC(=O)[C@H](CC(C)C)NC(=O)[C@H](CC(C)C)NC(=O)[C@H](CCCN=C(N)N)NC(=O)[C@H](CCC(N)=O)NC(=O)[C@H](Cc1c[nH]c2ccccc12)NC(=O)[C@@H]1CCCN1C(=O)[C@@H](N)Cc1ccccc1)C(=O)O. The first-order chi connectivity index (χ1) is 36.4. The highest BCUT2D eigenvalue weighted by molar-refractivity contribution is 5.98. The first kappa shape index (κ1) is 62.0. The van der Waals surface area contributed by atoms with E-state index in [1.807, 2.05) is 96.1 Å². The molecule has 2 heterocycles. The van der Waals surface area contributed by atoms with Crippen LogP contribution in [0.4, 0.5) is 0 Å². The van der Waals surface area contributed by atoms with Crippen LogP contribution >= 0.6 is 0 Å². The first-order valence-corrected chi connectivity index (χ1v) is 26.5. The molecule has 23 nitrogen and oxygen atoms in total. The summed E-state index contributed by atoms with van der Waals surface area (Å²) in [6.07, 6.45) is 2.39. The lowest BCUT2D eigenvalue weighted by Crippen LogP contribution is -2.60. The maximum atomic E-state index is 14.6. The Morgan fingerprint density at radius 3 is 1.71 bits per heavy atom. The number of rotatable bonds is 31. The molecule has 0 aliphatic carbocycles. The summed E-state index contributed by atoms with van der Waals surface area (Å²) in [5.74, 6) is -7.64. The van der Waals surface area contributed by atoms with Gasteiger partial charge in [-0.25, -0.2) is 4.79 Å². The summed E-state index contributed by atoms with van der Waals surface area (Å²) in [6, 6.07) is 6.78. The van der Waals surface area contributed by atoms with Gasteiger partial charge in [0.25, 0.3) is 0 Å². The summed E-state index contributed by atoms with van der Waals surface area (Å²) < 4.78 is 0. The monoisotopic (exact) mass is 1070 g/mol. The van der Waals surface area contributed by atoms with Crippen molar-refractivity contribution in [3.63, 3.8) is 0 Å². The van der Waals surface area contributed by atoms with Crippen LogP contribution in [-0.2, 0) is 56.0 Å². The Balaban J connectivity index is 1.62. The van der Waals surface area contributed by atoms with Crippen LogP contribution in [0.25, 0.3) is 10.9 Å². The van der Waals surface area contributed by atoms with Gasteiger partial charge in [-0.05, 0) is 92.7 Å². The highest BCUT2D eigenvalue weighted by atomic mass is 16.4. The normalized spacial score (nSPS) is 16.1. The molecule has 0 radical (unpaired) electrons. The minimum atomic E-state index is -1.51. The summed E-state index contributed by atoms with van der Waals surface area (Å²) in [5, 5.41) is 26.8. The lowest BCUT2D eigenvalue weighted by Gasteiger charge is -2.29. The fraction of sp³-hybridized carbons (Fsp3) is 0.556. The van der Waals surface area contributed by atoms with E-state index in [2.05, 4.69) is 41.9 Å². The Hall–Kier alpha value is -7.56. The number of guanidine groups is 1. The molecule has 1 fully saturated rings. The van der Waals surface area contributed by atoms with Crippen molar-refractivity contribution in [3.8, 4) is 0 Å². The van der Waals surface area contributed by atoms with Crippen molar-refractivity contribution in [2.45, 2.75) is 161 Å². The van der Waals surface area contributed by atoms with E-state index in [-0.39, 0.29) is 94.6 Å². The third-order valence-corrected chi connectivity index (χ3v) is 13.1. The molecule has 1 saturated heterocycles. The standard InChI is InChI=1S/C54H81N13O10/c1-30(2)24-40(48(71)64-41(25-31(3)4)49(72)66-43(53(76)77)26-32(5)6)63-46(69)38(18-12-22-59-54(57)58)61-47(70)39(20-21-45(56)68)62-50(73)42(28-34-29-60-37-17-11-10-16-35(34)37)65-51(74)44-19-13-23-67(44)52(75)36(55)27-33-14-8-7-9-15-33/h7-11,14-17,29-32,36,38-44,60H,12-13,18-28,55H2,1-6H3,(H2,56,68)(H,61,70)(H,62,73)(H,63,69)(H,64,71)(H,65,74)(H,66,72)(H,76,77)(H4,57,58,59)/t36-,38-,39-,40-,41-,42-,43-,44-/m0/s1. The lowest BCUT2D eigenvalue weighted by molar-refractivity contribution is -0.143. The molecule has 0 bridgehead atoms. The zero-order valence-corrected chi connectivity index (χ0v) is 45.1. The number of carboxylic acid groups (broad SMARTS) is 1. The fourth-order valence-electron chi connectivity index (χ4n) is 9.26. The number of primary amides is 1. The van der Waals surface area contributed by atoms with Crippen molar-refractivity contribution < 1.29 is 48.3 Å². The molecule has 1 aromatic heterocycles. The number of nitrogens with one attached hydrogen (secondary N) is 7. The number of nitrogens with two attached hydrogens (primary N) is 4. The Morgan fingerprint density at radius 1 is 0.649 bits per heavy atom. The lowest BCUT2D eigenvalue weighted by atomic mass is 9.98. The number of benzene rings is 2. The number of carboxylic acids is 1. The highest BCUT2D eigenvalue weighted by Crippen LogP contribution is 2.23. The van der Waals surface area contributed by atoms with E-state index in [1.54, 1.807) is 6.20 Å².